The van der Waals surface area contributed by atoms with Gasteiger partial charge in [0, 0.05) is 48.5 Å². The van der Waals surface area contributed by atoms with Crippen LogP contribution in [-0.4, -0.2) is 208 Å². The smallest absolute Gasteiger partial charge is 0.251 e. The Bertz CT molecular complexity index is 3110. The van der Waals surface area contributed by atoms with E-state index in [1.165, 1.54) is 31.2 Å². The Labute approximate surface area is 496 Å². The normalized spacial score (nSPS) is 26.8. The summed E-state index contributed by atoms with van der Waals surface area (Å²) in [6, 6.07) is 13.8. The first kappa shape index (κ1) is 65.5. The largest absolute Gasteiger partial charge is 0.508 e. The number of hydrogen-bond donors (Lipinski definition) is 14. The van der Waals surface area contributed by atoms with Crippen molar-refractivity contribution < 1.29 is 89.0 Å². The number of hydrogen-bond acceptors (Lipinski definition) is 18. The SMILES string of the molecule is C[C@@H](O)[C@@H]1NC(=O)[C@H]([C@H](O)[C@@H](O)c2ccc(O)cc2)NC(=O)[C@@H]2C[C@@H](O)CN2C(=O)[C@H]([C@@H](C)O)NC(=O)[C@@H](NC(=O)c2ccc(-c3ccc(C#Cc4ccc(OCCOC(C)(C)C)cc4)cc3)cc2)C[C@@H](O)[C@@H](O)NC(=O)[C@@H]2[C@@H](O)[C@@H](C)CN2C1=O. The van der Waals surface area contributed by atoms with E-state index in [4.69, 9.17) is 9.47 Å². The molecule has 0 saturated carbocycles. The summed E-state index contributed by atoms with van der Waals surface area (Å²) < 4.78 is 11.4. The third-order valence-electron chi connectivity index (χ3n) is 14.9. The van der Waals surface area contributed by atoms with Crippen LogP contribution in [0.5, 0.6) is 11.5 Å². The van der Waals surface area contributed by atoms with E-state index in [1.807, 2.05) is 69.3 Å². The standard InChI is InChI=1S/C61H75N7O18/c1-31-29-68-49(50(31)74)58(82)66-56(80)45(73)28-43(62-53(77)39-17-15-37(16-18-39)36-13-9-34(10-14-36)7-8-35-11-23-42(24-12-35)85-25-26-86-61(4,5)6)54(78)63-46(32(2)69)59(83)67-30-41(72)27-44(67)55(79)65-48(57(81)64-47(33(3)70)60(68)84)52(76)51(75)38-19-21-40(71)22-20-38/h9-24,31-33,41,43-52,56,69-76,80H,25-30H2,1-6H3,(H,62,77)(H,63,78)(H,64,81)(H,65,79)(H,66,82)/t31-,32+,33+,41+,43-,44-,45+,46-,47-,48-,49-,50-,51-,52-,56+/m0/s1. The average Bonchev–Trinajstić information content (AvgIpc) is 1.78. The molecule has 86 heavy (non-hydrogen) atoms. The molecule has 25 heteroatoms. The van der Waals surface area contributed by atoms with Crippen molar-refractivity contribution in [1.29, 1.82) is 0 Å². The van der Waals surface area contributed by atoms with Gasteiger partial charge in [-0.2, -0.15) is 0 Å². The second kappa shape index (κ2) is 28.4. The van der Waals surface area contributed by atoms with Crippen molar-refractivity contribution in [2.75, 3.05) is 26.3 Å². The lowest BCUT2D eigenvalue weighted by atomic mass is 9.96. The highest BCUT2D eigenvalue weighted by Crippen LogP contribution is 2.28. The van der Waals surface area contributed by atoms with Gasteiger partial charge in [-0.3, -0.25) is 33.6 Å². The van der Waals surface area contributed by atoms with Crippen LogP contribution in [0, 0.1) is 17.8 Å². The zero-order valence-electron chi connectivity index (χ0n) is 48.2. The fourth-order valence-corrected chi connectivity index (χ4v) is 10.1. The van der Waals surface area contributed by atoms with Gasteiger partial charge in [0.2, 0.25) is 35.4 Å². The Kier molecular flexibility index (Phi) is 21.7. The molecule has 0 aromatic heterocycles. The number of aromatic hydroxyl groups is 1. The number of aliphatic hydroxyl groups is 8. The molecule has 14 N–H and O–H groups in total. The lowest BCUT2D eigenvalue weighted by Gasteiger charge is -2.34. The van der Waals surface area contributed by atoms with E-state index in [1.54, 1.807) is 12.1 Å². The minimum Gasteiger partial charge on any atom is -0.508 e. The second-order valence-electron chi connectivity index (χ2n) is 22.8. The summed E-state index contributed by atoms with van der Waals surface area (Å²) in [7, 11) is 0. The van der Waals surface area contributed by atoms with E-state index >= 15 is 0 Å². The first-order valence-corrected chi connectivity index (χ1v) is 28.1. The lowest BCUT2D eigenvalue weighted by molar-refractivity contribution is -0.148. The van der Waals surface area contributed by atoms with Gasteiger partial charge < -0.3 is 91.8 Å². The predicted octanol–water partition coefficient (Wildman–Crippen LogP) is -1.57. The van der Waals surface area contributed by atoms with Crippen LogP contribution < -0.4 is 31.3 Å². The third-order valence-corrected chi connectivity index (χ3v) is 14.9. The van der Waals surface area contributed by atoms with Crippen LogP contribution in [0.2, 0.25) is 0 Å². The summed E-state index contributed by atoms with van der Waals surface area (Å²) in [5.74, 6) is -2.59. The minimum atomic E-state index is -2.30. The number of phenolic OH excluding ortho intramolecular Hbond substituents is 1. The monoisotopic (exact) mass is 1190 g/mol. The Morgan fingerprint density at radius 2 is 1.19 bits per heavy atom. The molecule has 4 aromatic rings. The maximum absolute atomic E-state index is 14.5. The van der Waals surface area contributed by atoms with E-state index < -0.39 is 152 Å². The number of nitrogens with zero attached hydrogens (tertiary/aromatic N) is 2. The van der Waals surface area contributed by atoms with Gasteiger partial charge in [0.1, 0.15) is 72.7 Å². The average molecular weight is 1190 g/mol. The number of aliphatic hydroxyl groups excluding tert-OH is 8. The molecule has 0 unspecified atom stereocenters. The quantitative estimate of drug-likeness (QED) is 0.0563. The first-order chi connectivity index (χ1) is 40.6. The number of amides is 7. The first-order valence-electron chi connectivity index (χ1n) is 28.1. The number of fused-ring (bicyclic) bond motifs is 2. The van der Waals surface area contributed by atoms with Crippen molar-refractivity contribution in [3.8, 4) is 34.5 Å². The molecule has 3 aliphatic rings. The number of carbonyl (C=O) groups is 7. The lowest BCUT2D eigenvalue weighted by Crippen LogP contribution is -2.64. The Morgan fingerprint density at radius 1 is 0.651 bits per heavy atom. The van der Waals surface area contributed by atoms with Crippen molar-refractivity contribution in [1.82, 2.24) is 36.4 Å². The van der Waals surface area contributed by atoms with Crippen molar-refractivity contribution in [2.45, 2.75) is 145 Å². The van der Waals surface area contributed by atoms with Gasteiger partial charge in [-0.25, -0.2) is 0 Å². The van der Waals surface area contributed by atoms with Gasteiger partial charge in [0.15, 0.2) is 6.23 Å². The molecule has 7 rings (SSSR count). The maximum atomic E-state index is 14.5. The van der Waals surface area contributed by atoms with Gasteiger partial charge >= 0.3 is 0 Å². The van der Waals surface area contributed by atoms with Crippen molar-refractivity contribution in [3.63, 3.8) is 0 Å². The van der Waals surface area contributed by atoms with Crippen LogP contribution in [0.4, 0.5) is 0 Å². The van der Waals surface area contributed by atoms with Gasteiger partial charge in [0.25, 0.3) is 5.91 Å². The summed E-state index contributed by atoms with van der Waals surface area (Å²) in [6.45, 7) is 9.43. The van der Waals surface area contributed by atoms with E-state index in [0.717, 1.165) is 52.5 Å². The molecular weight excluding hydrogens is 1120 g/mol. The van der Waals surface area contributed by atoms with Crippen molar-refractivity contribution in [2.24, 2.45) is 5.92 Å². The van der Waals surface area contributed by atoms with Gasteiger partial charge in [0.05, 0.1) is 36.6 Å². The highest BCUT2D eigenvalue weighted by Gasteiger charge is 2.50. The Hall–Kier alpha value is -8.03. The molecule has 3 saturated heterocycles. The number of phenols is 1. The van der Waals surface area contributed by atoms with E-state index in [-0.39, 0.29) is 29.0 Å². The zero-order chi connectivity index (χ0) is 62.9. The van der Waals surface area contributed by atoms with Crippen LogP contribution in [-0.2, 0) is 33.5 Å². The number of rotatable bonds is 12. The molecule has 0 radical (unpaired) electrons. The number of carbonyl (C=O) groups excluding carboxylic acids is 7. The molecule has 3 aliphatic heterocycles. The summed E-state index contributed by atoms with van der Waals surface area (Å²) in [4.78, 5) is 102. The van der Waals surface area contributed by atoms with Crippen molar-refractivity contribution in [3.05, 3.63) is 119 Å². The zero-order valence-corrected chi connectivity index (χ0v) is 48.2. The number of ether oxygens (including phenoxy) is 2. The van der Waals surface area contributed by atoms with E-state index in [0.29, 0.717) is 24.5 Å². The van der Waals surface area contributed by atoms with Crippen LogP contribution in [0.3, 0.4) is 0 Å². The molecule has 3 heterocycles. The summed E-state index contributed by atoms with van der Waals surface area (Å²) >= 11 is 0. The number of benzene rings is 4. The molecule has 4 aromatic carbocycles. The maximum Gasteiger partial charge on any atom is 0.251 e. The summed E-state index contributed by atoms with van der Waals surface area (Å²) in [5.41, 5.74) is 2.57. The highest BCUT2D eigenvalue weighted by molar-refractivity contribution is 6.00. The molecular formula is C61H75N7O18. The molecule has 0 aliphatic carbocycles. The molecule has 462 valence electrons. The molecule has 7 amide bonds. The van der Waals surface area contributed by atoms with Gasteiger partial charge in [-0.05, 0) is 112 Å². The Balaban J connectivity index is 1.14. The highest BCUT2D eigenvalue weighted by atomic mass is 16.5. The second-order valence-corrected chi connectivity index (χ2v) is 22.8. The molecule has 0 spiro atoms. The van der Waals surface area contributed by atoms with Gasteiger partial charge in [-0.1, -0.05) is 55.2 Å². The van der Waals surface area contributed by atoms with Crippen LogP contribution in [0.15, 0.2) is 97.1 Å². The van der Waals surface area contributed by atoms with Crippen LogP contribution >= 0.6 is 0 Å². The Morgan fingerprint density at radius 3 is 1.76 bits per heavy atom. The summed E-state index contributed by atoms with van der Waals surface area (Å²) in [5, 5.41) is 111. The minimum absolute atomic E-state index is 0.0102. The van der Waals surface area contributed by atoms with Crippen LogP contribution in [0.25, 0.3) is 11.1 Å². The van der Waals surface area contributed by atoms with Gasteiger partial charge in [-0.15, -0.1) is 0 Å². The summed E-state index contributed by atoms with van der Waals surface area (Å²) in [6.07, 6.45) is -16.9. The van der Waals surface area contributed by atoms with Crippen LogP contribution in [0.1, 0.15) is 87.5 Å². The third kappa shape index (κ3) is 16.5. The fourth-order valence-electron chi connectivity index (χ4n) is 10.1. The molecule has 15 atom stereocenters. The van der Waals surface area contributed by atoms with E-state index in [9.17, 15) is 79.5 Å². The molecule has 0 bridgehead atoms. The molecule has 25 nitrogen and oxygen atoms in total. The predicted molar refractivity (Wildman–Crippen MR) is 307 cm³/mol. The fraction of sp³-hybridized carbons (Fsp3) is 0.459. The van der Waals surface area contributed by atoms with Crippen molar-refractivity contribution >= 4 is 41.4 Å². The number of nitrogens with one attached hydrogen (secondary N) is 5. The topological polar surface area (TPSA) is 387 Å². The molecule has 3 fully saturated rings. The van der Waals surface area contributed by atoms with E-state index in [2.05, 4.69) is 38.4 Å².